The maximum atomic E-state index is 13.4. The van der Waals surface area contributed by atoms with Gasteiger partial charge in [0.25, 0.3) is 5.56 Å². The Morgan fingerprint density at radius 3 is 2.46 bits per heavy atom. The lowest BCUT2D eigenvalue weighted by atomic mass is 9.87. The van der Waals surface area contributed by atoms with E-state index in [1.165, 1.54) is 15.1 Å². The zero-order valence-electron chi connectivity index (χ0n) is 21.4. The van der Waals surface area contributed by atoms with Crippen LogP contribution in [-0.2, 0) is 33.8 Å². The summed E-state index contributed by atoms with van der Waals surface area (Å²) >= 11 is 0. The number of anilines is 1. The highest BCUT2D eigenvalue weighted by Gasteiger charge is 2.38. The number of piperazine rings is 1. The van der Waals surface area contributed by atoms with Crippen LogP contribution >= 0.6 is 0 Å². The third-order valence-corrected chi connectivity index (χ3v) is 9.08. The minimum absolute atomic E-state index is 0.0537. The van der Waals surface area contributed by atoms with Gasteiger partial charge in [-0.3, -0.25) is 9.59 Å². The van der Waals surface area contributed by atoms with Gasteiger partial charge < -0.3 is 10.2 Å². The molecule has 1 saturated heterocycles. The molecule has 2 aromatic carbocycles. The van der Waals surface area contributed by atoms with Crippen molar-refractivity contribution in [3.63, 3.8) is 0 Å². The van der Waals surface area contributed by atoms with Crippen LogP contribution in [0, 0.1) is 0 Å². The second kappa shape index (κ2) is 9.11. The Morgan fingerprint density at radius 1 is 1.05 bits per heavy atom. The second-order valence-electron chi connectivity index (χ2n) is 10.5. The van der Waals surface area contributed by atoms with Crippen molar-refractivity contribution in [1.82, 2.24) is 19.0 Å². The molecule has 0 bridgehead atoms. The minimum atomic E-state index is -3.81. The summed E-state index contributed by atoms with van der Waals surface area (Å²) in [5.74, 6) is -0.230. The average Bonchev–Trinajstić information content (AvgIpc) is 3.17. The fourth-order valence-corrected chi connectivity index (χ4v) is 6.48. The molecule has 37 heavy (non-hydrogen) atoms. The number of sulfonamides is 1. The van der Waals surface area contributed by atoms with Crippen molar-refractivity contribution in [1.29, 1.82) is 0 Å². The molecule has 3 aromatic rings. The molecule has 0 spiro atoms. The first kappa shape index (κ1) is 25.2. The van der Waals surface area contributed by atoms with E-state index in [0.29, 0.717) is 12.2 Å². The summed E-state index contributed by atoms with van der Waals surface area (Å²) in [4.78, 5) is 26.6. The van der Waals surface area contributed by atoms with E-state index in [9.17, 15) is 18.0 Å². The largest absolute Gasteiger partial charge is 0.384 e. The molecule has 1 fully saturated rings. The first-order chi connectivity index (χ1) is 17.5. The fraction of sp³-hybridized carbons (Fsp3) is 0.370. The van der Waals surface area contributed by atoms with Crippen LogP contribution in [0.4, 0.5) is 5.69 Å². The summed E-state index contributed by atoms with van der Waals surface area (Å²) in [6.45, 7) is 7.28. The Bertz CT molecular complexity index is 1530. The number of nitrogens with one attached hydrogen (secondary N) is 1. The van der Waals surface area contributed by atoms with Gasteiger partial charge in [0.1, 0.15) is 0 Å². The van der Waals surface area contributed by atoms with Gasteiger partial charge in [0.15, 0.2) is 0 Å². The van der Waals surface area contributed by atoms with Crippen LogP contribution in [0.5, 0.6) is 0 Å². The first-order valence-electron chi connectivity index (χ1n) is 12.3. The van der Waals surface area contributed by atoms with Gasteiger partial charge in [-0.15, -0.1) is 0 Å². The molecular formula is C27H31N5O4S. The zero-order chi connectivity index (χ0) is 26.5. The number of aryl methyl sites for hydroxylation is 1. The number of amides is 1. The van der Waals surface area contributed by atoms with Crippen molar-refractivity contribution in [3.05, 3.63) is 76.1 Å². The van der Waals surface area contributed by atoms with Gasteiger partial charge in [-0.25, -0.2) is 13.1 Å². The zero-order valence-corrected chi connectivity index (χ0v) is 22.2. The van der Waals surface area contributed by atoms with Gasteiger partial charge in [0.05, 0.1) is 17.1 Å². The molecular weight excluding hydrogens is 490 g/mol. The Balaban J connectivity index is 1.29. The van der Waals surface area contributed by atoms with Crippen molar-refractivity contribution in [2.75, 3.05) is 25.0 Å². The van der Waals surface area contributed by atoms with Gasteiger partial charge in [-0.2, -0.15) is 9.40 Å². The smallest absolute Gasteiger partial charge is 0.266 e. The van der Waals surface area contributed by atoms with Crippen LogP contribution < -0.4 is 10.9 Å². The summed E-state index contributed by atoms with van der Waals surface area (Å²) in [5.41, 5.74) is 4.17. The molecule has 194 valence electrons. The van der Waals surface area contributed by atoms with E-state index in [1.807, 2.05) is 37.3 Å². The summed E-state index contributed by atoms with van der Waals surface area (Å²) in [7, 11) is -2.21. The lowest BCUT2D eigenvalue weighted by Gasteiger charge is -2.39. The van der Waals surface area contributed by atoms with E-state index in [4.69, 9.17) is 0 Å². The molecule has 0 radical (unpaired) electrons. The predicted molar refractivity (Wildman–Crippen MR) is 142 cm³/mol. The van der Waals surface area contributed by atoms with Crippen molar-refractivity contribution >= 4 is 21.6 Å². The molecule has 3 heterocycles. The normalized spacial score (nSPS) is 19.5. The molecule has 5 rings (SSSR count). The molecule has 2 aliphatic heterocycles. The van der Waals surface area contributed by atoms with E-state index < -0.39 is 10.0 Å². The fourth-order valence-electron chi connectivity index (χ4n) is 4.99. The molecule has 0 aliphatic carbocycles. The number of hydrogen-bond donors (Lipinski definition) is 1. The third kappa shape index (κ3) is 4.67. The van der Waals surface area contributed by atoms with Gasteiger partial charge in [-0.05, 0) is 36.2 Å². The number of fused-ring (bicyclic) bond motifs is 1. The predicted octanol–water partition coefficient (Wildman–Crippen LogP) is 2.57. The highest BCUT2D eigenvalue weighted by Crippen LogP contribution is 2.38. The minimum Gasteiger partial charge on any atom is -0.384 e. The summed E-state index contributed by atoms with van der Waals surface area (Å²) in [6, 6.07) is 15.7. The summed E-state index contributed by atoms with van der Waals surface area (Å²) < 4.78 is 29.4. The Hall–Kier alpha value is -3.50. The number of nitrogens with zero attached hydrogens (tertiary/aromatic N) is 4. The number of carbonyl (C=O) groups is 1. The van der Waals surface area contributed by atoms with E-state index >= 15 is 0 Å². The van der Waals surface area contributed by atoms with Crippen LogP contribution in [0.2, 0.25) is 0 Å². The van der Waals surface area contributed by atoms with Crippen molar-refractivity contribution in [2.45, 2.75) is 43.7 Å². The quantitative estimate of drug-likeness (QED) is 0.554. The molecule has 1 aromatic heterocycles. The Morgan fingerprint density at radius 2 is 1.78 bits per heavy atom. The van der Waals surface area contributed by atoms with E-state index in [-0.39, 0.29) is 40.9 Å². The monoisotopic (exact) mass is 521 g/mol. The first-order valence-corrected chi connectivity index (χ1v) is 13.7. The van der Waals surface area contributed by atoms with E-state index in [2.05, 4.69) is 24.3 Å². The van der Waals surface area contributed by atoms with Crippen LogP contribution in [0.15, 0.2) is 64.3 Å². The van der Waals surface area contributed by atoms with Gasteiger partial charge in [0, 0.05) is 55.5 Å². The van der Waals surface area contributed by atoms with Crippen molar-refractivity contribution in [3.8, 4) is 11.3 Å². The van der Waals surface area contributed by atoms with Crippen LogP contribution in [-0.4, -0.2) is 59.0 Å². The summed E-state index contributed by atoms with van der Waals surface area (Å²) in [6.07, 6.45) is 0. The standard InChI is InChI=1S/C27H31N5O4S/c1-18-14-31(37(35,36)21-9-10-22-24(13-21)28-17-27(22,2)3)16-26(34)32(18)15-19-5-7-20(8-6-19)23-11-12-25(33)30(4)29-23/h5-13,18,28H,14-17H2,1-4H3/t18-/m0/s1. The molecule has 9 nitrogen and oxygen atoms in total. The van der Waals surface area contributed by atoms with Crippen molar-refractivity contribution < 1.29 is 13.2 Å². The number of rotatable bonds is 5. The maximum Gasteiger partial charge on any atom is 0.266 e. The van der Waals surface area contributed by atoms with Gasteiger partial charge in [0.2, 0.25) is 15.9 Å². The van der Waals surface area contributed by atoms with E-state index in [1.54, 1.807) is 30.1 Å². The molecule has 2 aliphatic rings. The lowest BCUT2D eigenvalue weighted by molar-refractivity contribution is -0.137. The third-order valence-electron chi connectivity index (χ3n) is 7.27. The van der Waals surface area contributed by atoms with Crippen LogP contribution in [0.25, 0.3) is 11.3 Å². The molecule has 10 heteroatoms. The molecule has 1 amide bonds. The molecule has 0 saturated carbocycles. The second-order valence-corrected chi connectivity index (χ2v) is 12.4. The van der Waals surface area contributed by atoms with Gasteiger partial charge >= 0.3 is 0 Å². The number of benzene rings is 2. The maximum absolute atomic E-state index is 13.4. The van der Waals surface area contributed by atoms with E-state index in [0.717, 1.165) is 28.9 Å². The Labute approximate surface area is 216 Å². The Kier molecular flexibility index (Phi) is 6.19. The highest BCUT2D eigenvalue weighted by molar-refractivity contribution is 7.89. The average molecular weight is 522 g/mol. The number of aromatic nitrogens is 2. The molecule has 1 atom stereocenters. The number of hydrogen-bond acceptors (Lipinski definition) is 6. The van der Waals surface area contributed by atoms with Gasteiger partial charge in [-0.1, -0.05) is 44.2 Å². The van der Waals surface area contributed by atoms with Crippen molar-refractivity contribution in [2.24, 2.45) is 7.05 Å². The van der Waals surface area contributed by atoms with Crippen LogP contribution in [0.1, 0.15) is 31.9 Å². The number of carbonyl (C=O) groups excluding carboxylic acids is 1. The lowest BCUT2D eigenvalue weighted by Crippen LogP contribution is -2.56. The molecule has 0 unspecified atom stereocenters. The topological polar surface area (TPSA) is 105 Å². The summed E-state index contributed by atoms with van der Waals surface area (Å²) in [5, 5.41) is 7.57. The SMILES string of the molecule is C[C@H]1CN(S(=O)(=O)c2ccc3c(c2)NCC3(C)C)CC(=O)N1Cc1ccc(-c2ccc(=O)n(C)n2)cc1. The van der Waals surface area contributed by atoms with Crippen LogP contribution in [0.3, 0.4) is 0 Å². The highest BCUT2D eigenvalue weighted by atomic mass is 32.2. The molecule has 1 N–H and O–H groups in total.